The number of aromatic nitrogens is 3. The van der Waals surface area contributed by atoms with Crippen LogP contribution in [0.3, 0.4) is 0 Å². The lowest BCUT2D eigenvalue weighted by Crippen LogP contribution is -2.17. The number of nitrogens with one attached hydrogen (secondary N) is 1. The molecular formula is C13H20N6S. The van der Waals surface area contributed by atoms with Crippen LogP contribution in [-0.2, 0) is 13.0 Å². The van der Waals surface area contributed by atoms with E-state index in [2.05, 4.69) is 20.3 Å². The standard InChI is InChI=1S/C13H20N6S/c1-19(2)13-16-7-10(8-17-13)6-15-5-3-4-11-9-20-12(14)18-11/h7-9,15H,3-6H2,1-2H3,(H2,14,18). The van der Waals surface area contributed by atoms with Crippen LogP contribution in [-0.4, -0.2) is 35.6 Å². The minimum atomic E-state index is 0.645. The number of nitrogens with two attached hydrogens (primary N) is 1. The van der Waals surface area contributed by atoms with E-state index in [4.69, 9.17) is 5.73 Å². The van der Waals surface area contributed by atoms with Crippen molar-refractivity contribution in [1.29, 1.82) is 0 Å². The highest BCUT2D eigenvalue weighted by atomic mass is 32.1. The first-order valence-corrected chi connectivity index (χ1v) is 7.42. The fourth-order valence-corrected chi connectivity index (χ4v) is 2.33. The molecule has 2 aromatic rings. The molecular weight excluding hydrogens is 272 g/mol. The second kappa shape index (κ2) is 7.16. The van der Waals surface area contributed by atoms with Crippen LogP contribution < -0.4 is 16.0 Å². The Morgan fingerprint density at radius 1 is 1.30 bits per heavy atom. The highest BCUT2D eigenvalue weighted by molar-refractivity contribution is 7.13. The van der Waals surface area contributed by atoms with Gasteiger partial charge in [0.2, 0.25) is 5.95 Å². The van der Waals surface area contributed by atoms with Gasteiger partial charge in [0.1, 0.15) is 0 Å². The molecule has 0 saturated carbocycles. The van der Waals surface area contributed by atoms with Gasteiger partial charge in [-0.3, -0.25) is 0 Å². The lowest BCUT2D eigenvalue weighted by molar-refractivity contribution is 0.643. The first-order chi connectivity index (χ1) is 9.65. The molecule has 2 heterocycles. The Labute approximate surface area is 123 Å². The Morgan fingerprint density at radius 3 is 2.65 bits per heavy atom. The van der Waals surface area contributed by atoms with E-state index in [0.717, 1.165) is 43.1 Å². The summed E-state index contributed by atoms with van der Waals surface area (Å²) in [7, 11) is 3.86. The largest absolute Gasteiger partial charge is 0.375 e. The molecule has 0 aliphatic heterocycles. The zero-order chi connectivity index (χ0) is 14.4. The number of nitrogens with zero attached hydrogens (tertiary/aromatic N) is 4. The maximum atomic E-state index is 5.59. The Kier molecular flexibility index (Phi) is 5.25. The SMILES string of the molecule is CN(C)c1ncc(CNCCCc2csc(N)n2)cn1. The average Bonchev–Trinajstić information content (AvgIpc) is 2.84. The molecule has 108 valence electrons. The monoisotopic (exact) mass is 292 g/mol. The van der Waals surface area contributed by atoms with Crippen LogP contribution in [0.5, 0.6) is 0 Å². The normalized spacial score (nSPS) is 10.7. The van der Waals surface area contributed by atoms with E-state index >= 15 is 0 Å². The van der Waals surface area contributed by atoms with Gasteiger partial charge in [0.25, 0.3) is 0 Å². The lowest BCUT2D eigenvalue weighted by Gasteiger charge is -2.10. The summed E-state index contributed by atoms with van der Waals surface area (Å²) in [6, 6.07) is 0. The fourth-order valence-electron chi connectivity index (χ4n) is 1.73. The van der Waals surface area contributed by atoms with Crippen molar-refractivity contribution in [1.82, 2.24) is 20.3 Å². The van der Waals surface area contributed by atoms with Gasteiger partial charge < -0.3 is 16.0 Å². The zero-order valence-electron chi connectivity index (χ0n) is 11.8. The summed E-state index contributed by atoms with van der Waals surface area (Å²) in [4.78, 5) is 14.7. The maximum absolute atomic E-state index is 5.59. The summed E-state index contributed by atoms with van der Waals surface area (Å²) >= 11 is 1.49. The predicted octanol–water partition coefficient (Wildman–Crippen LogP) is 1.30. The van der Waals surface area contributed by atoms with Crippen LogP contribution in [0.25, 0.3) is 0 Å². The van der Waals surface area contributed by atoms with Crippen molar-refractivity contribution in [3.8, 4) is 0 Å². The molecule has 0 saturated heterocycles. The van der Waals surface area contributed by atoms with Crippen molar-refractivity contribution in [3.05, 3.63) is 29.0 Å². The quantitative estimate of drug-likeness (QED) is 0.749. The van der Waals surface area contributed by atoms with Crippen LogP contribution in [0.4, 0.5) is 11.1 Å². The van der Waals surface area contributed by atoms with E-state index in [1.54, 1.807) is 0 Å². The highest BCUT2D eigenvalue weighted by Crippen LogP contribution is 2.12. The van der Waals surface area contributed by atoms with Gasteiger partial charge in [-0.15, -0.1) is 11.3 Å². The van der Waals surface area contributed by atoms with E-state index in [1.165, 1.54) is 11.3 Å². The lowest BCUT2D eigenvalue weighted by atomic mass is 10.2. The van der Waals surface area contributed by atoms with Gasteiger partial charge in [-0.1, -0.05) is 0 Å². The molecule has 0 unspecified atom stereocenters. The third kappa shape index (κ3) is 4.43. The van der Waals surface area contributed by atoms with E-state index < -0.39 is 0 Å². The number of rotatable bonds is 7. The number of hydrogen-bond donors (Lipinski definition) is 2. The molecule has 6 nitrogen and oxygen atoms in total. The molecule has 0 aromatic carbocycles. The van der Waals surface area contributed by atoms with Crippen molar-refractivity contribution in [2.45, 2.75) is 19.4 Å². The molecule has 0 fully saturated rings. The second-order valence-corrected chi connectivity index (χ2v) is 5.63. The van der Waals surface area contributed by atoms with Crippen molar-refractivity contribution in [3.63, 3.8) is 0 Å². The molecule has 0 amide bonds. The Bertz CT molecular complexity index is 522. The van der Waals surface area contributed by atoms with Crippen LogP contribution in [0.15, 0.2) is 17.8 Å². The van der Waals surface area contributed by atoms with E-state index in [9.17, 15) is 0 Å². The molecule has 2 aromatic heterocycles. The predicted molar refractivity (Wildman–Crippen MR) is 82.9 cm³/mol. The minimum Gasteiger partial charge on any atom is -0.375 e. The highest BCUT2D eigenvalue weighted by Gasteiger charge is 2.00. The van der Waals surface area contributed by atoms with E-state index in [-0.39, 0.29) is 0 Å². The average molecular weight is 292 g/mol. The van der Waals surface area contributed by atoms with Gasteiger partial charge in [0.15, 0.2) is 5.13 Å². The molecule has 20 heavy (non-hydrogen) atoms. The van der Waals surface area contributed by atoms with Gasteiger partial charge in [-0.25, -0.2) is 15.0 Å². The van der Waals surface area contributed by atoms with Gasteiger partial charge in [-0.2, -0.15) is 0 Å². The first kappa shape index (κ1) is 14.7. The molecule has 0 radical (unpaired) electrons. The van der Waals surface area contributed by atoms with Gasteiger partial charge in [-0.05, 0) is 19.4 Å². The third-order valence-electron chi connectivity index (χ3n) is 2.78. The Balaban J connectivity index is 1.65. The smallest absolute Gasteiger partial charge is 0.224 e. The van der Waals surface area contributed by atoms with Crippen LogP contribution in [0.2, 0.25) is 0 Å². The summed E-state index contributed by atoms with van der Waals surface area (Å²) in [5.41, 5.74) is 7.76. The number of aryl methyl sites for hydroxylation is 1. The van der Waals surface area contributed by atoms with Crippen molar-refractivity contribution < 1.29 is 0 Å². The molecule has 0 spiro atoms. The third-order valence-corrected chi connectivity index (χ3v) is 3.50. The summed E-state index contributed by atoms with van der Waals surface area (Å²) in [5.74, 6) is 0.731. The Morgan fingerprint density at radius 2 is 2.05 bits per heavy atom. The van der Waals surface area contributed by atoms with Gasteiger partial charge >= 0.3 is 0 Å². The van der Waals surface area contributed by atoms with E-state index in [1.807, 2.05) is 36.8 Å². The summed E-state index contributed by atoms with van der Waals surface area (Å²) in [6.45, 7) is 1.72. The number of hydrogen-bond acceptors (Lipinski definition) is 7. The number of nitrogen functional groups attached to an aromatic ring is 1. The van der Waals surface area contributed by atoms with E-state index in [0.29, 0.717) is 5.13 Å². The molecule has 7 heteroatoms. The zero-order valence-corrected chi connectivity index (χ0v) is 12.7. The van der Waals surface area contributed by atoms with Crippen molar-refractivity contribution >= 4 is 22.4 Å². The Hall–Kier alpha value is -1.73. The first-order valence-electron chi connectivity index (χ1n) is 6.54. The van der Waals surface area contributed by atoms with Crippen molar-refractivity contribution in [2.24, 2.45) is 0 Å². The fraction of sp³-hybridized carbons (Fsp3) is 0.462. The molecule has 3 N–H and O–H groups in total. The molecule has 0 aliphatic rings. The summed E-state index contributed by atoms with van der Waals surface area (Å²) < 4.78 is 0. The molecule has 0 aliphatic carbocycles. The van der Waals surface area contributed by atoms with Gasteiger partial charge in [0.05, 0.1) is 5.69 Å². The van der Waals surface area contributed by atoms with Crippen LogP contribution in [0, 0.1) is 0 Å². The number of thiazole rings is 1. The topological polar surface area (TPSA) is 80.0 Å². The molecule has 2 rings (SSSR count). The summed E-state index contributed by atoms with van der Waals surface area (Å²) in [5, 5.41) is 6.04. The number of anilines is 2. The van der Waals surface area contributed by atoms with Crippen LogP contribution in [0.1, 0.15) is 17.7 Å². The maximum Gasteiger partial charge on any atom is 0.224 e. The van der Waals surface area contributed by atoms with Gasteiger partial charge in [0, 0.05) is 44.0 Å². The molecule has 0 atom stereocenters. The molecule has 0 bridgehead atoms. The summed E-state index contributed by atoms with van der Waals surface area (Å²) in [6.07, 6.45) is 5.71. The second-order valence-electron chi connectivity index (χ2n) is 4.74. The van der Waals surface area contributed by atoms with Crippen molar-refractivity contribution in [2.75, 3.05) is 31.3 Å². The minimum absolute atomic E-state index is 0.645. The van der Waals surface area contributed by atoms with Crippen LogP contribution >= 0.6 is 11.3 Å².